The molecule has 10 heavy (non-hydrogen) atoms. The highest BCUT2D eigenvalue weighted by molar-refractivity contribution is 5.03. The van der Waals surface area contributed by atoms with Crippen molar-refractivity contribution >= 4 is 0 Å². The van der Waals surface area contributed by atoms with Crippen LogP contribution in [0.2, 0.25) is 0 Å². The van der Waals surface area contributed by atoms with Crippen LogP contribution in [0.1, 0.15) is 20.3 Å². The Bertz CT molecular complexity index is 102. The predicted molar refractivity (Wildman–Crippen MR) is 41.9 cm³/mol. The lowest BCUT2D eigenvalue weighted by atomic mass is 9.69. The van der Waals surface area contributed by atoms with Crippen LogP contribution in [0.5, 0.6) is 0 Å². The number of aliphatic hydroxyl groups excluding tert-OH is 1. The van der Waals surface area contributed by atoms with Gasteiger partial charge in [-0.1, -0.05) is 13.8 Å². The van der Waals surface area contributed by atoms with Crippen LogP contribution in [-0.2, 0) is 0 Å². The quantitative estimate of drug-likeness (QED) is 0.540. The SMILES string of the molecule is CC.CN1C[C@@H]2C(O)CC21. The summed E-state index contributed by atoms with van der Waals surface area (Å²) in [4.78, 5) is 2.30. The number of aliphatic hydroxyl groups is 1. The van der Waals surface area contributed by atoms with Crippen molar-refractivity contribution in [3.63, 3.8) is 0 Å². The minimum absolute atomic E-state index is 0.0381. The second-order valence-electron chi connectivity index (χ2n) is 2.97. The average Bonchev–Trinajstić information content (AvgIpc) is 1.99. The topological polar surface area (TPSA) is 23.5 Å². The van der Waals surface area contributed by atoms with Crippen molar-refractivity contribution in [3.8, 4) is 0 Å². The van der Waals surface area contributed by atoms with Crippen molar-refractivity contribution in [2.75, 3.05) is 13.6 Å². The molecule has 1 aliphatic heterocycles. The summed E-state index contributed by atoms with van der Waals surface area (Å²) in [5, 5.41) is 9.03. The van der Waals surface area contributed by atoms with Crippen molar-refractivity contribution in [1.29, 1.82) is 0 Å². The zero-order valence-corrected chi connectivity index (χ0v) is 7.04. The lowest BCUT2D eigenvalue weighted by molar-refractivity contribution is -0.138. The van der Waals surface area contributed by atoms with Crippen LogP contribution in [0, 0.1) is 5.92 Å². The fourth-order valence-corrected chi connectivity index (χ4v) is 1.74. The molecule has 2 rings (SSSR count). The molecular weight excluding hydrogens is 126 g/mol. The fraction of sp³-hybridized carbons (Fsp3) is 1.00. The smallest absolute Gasteiger partial charge is 0.0610 e. The molecule has 2 fully saturated rings. The predicted octanol–water partition coefficient (Wildman–Crippen LogP) is 0.707. The van der Waals surface area contributed by atoms with Crippen LogP contribution in [0.25, 0.3) is 0 Å². The molecule has 2 unspecified atom stereocenters. The number of rotatable bonds is 0. The Labute approximate surface area is 62.8 Å². The molecule has 0 bridgehead atoms. The number of nitrogens with zero attached hydrogens (tertiary/aromatic N) is 1. The van der Waals surface area contributed by atoms with Crippen molar-refractivity contribution in [1.82, 2.24) is 4.90 Å². The van der Waals surface area contributed by atoms with E-state index in [-0.39, 0.29) is 6.10 Å². The van der Waals surface area contributed by atoms with E-state index >= 15 is 0 Å². The van der Waals surface area contributed by atoms with Gasteiger partial charge >= 0.3 is 0 Å². The van der Waals surface area contributed by atoms with Gasteiger partial charge in [0, 0.05) is 18.5 Å². The molecule has 0 amide bonds. The summed E-state index contributed by atoms with van der Waals surface area (Å²) in [7, 11) is 2.12. The van der Waals surface area contributed by atoms with Crippen molar-refractivity contribution in [3.05, 3.63) is 0 Å². The molecule has 1 saturated heterocycles. The number of hydrogen-bond acceptors (Lipinski definition) is 2. The third kappa shape index (κ3) is 0.956. The number of hydrogen-bond donors (Lipinski definition) is 1. The van der Waals surface area contributed by atoms with Gasteiger partial charge in [0.2, 0.25) is 0 Å². The van der Waals surface area contributed by atoms with E-state index in [1.165, 1.54) is 0 Å². The van der Waals surface area contributed by atoms with Crippen LogP contribution in [0.15, 0.2) is 0 Å². The second kappa shape index (κ2) is 2.89. The second-order valence-corrected chi connectivity index (χ2v) is 2.97. The summed E-state index contributed by atoms with van der Waals surface area (Å²) < 4.78 is 0. The number of piperidine rings is 1. The molecule has 0 aromatic carbocycles. The van der Waals surface area contributed by atoms with E-state index in [2.05, 4.69) is 11.9 Å². The summed E-state index contributed by atoms with van der Waals surface area (Å²) in [6.07, 6.45) is 1.05. The van der Waals surface area contributed by atoms with Gasteiger partial charge in [-0.25, -0.2) is 0 Å². The Morgan fingerprint density at radius 2 is 2.00 bits per heavy atom. The first-order valence-electron chi connectivity index (χ1n) is 4.17. The van der Waals surface area contributed by atoms with E-state index in [4.69, 9.17) is 5.11 Å². The summed E-state index contributed by atoms with van der Waals surface area (Å²) in [6, 6.07) is 0.741. The van der Waals surface area contributed by atoms with Gasteiger partial charge in [0.25, 0.3) is 0 Å². The Morgan fingerprint density at radius 1 is 1.40 bits per heavy atom. The zero-order valence-electron chi connectivity index (χ0n) is 7.04. The van der Waals surface area contributed by atoms with E-state index in [9.17, 15) is 0 Å². The lowest BCUT2D eigenvalue weighted by Crippen LogP contribution is -2.67. The highest BCUT2D eigenvalue weighted by Gasteiger charge is 2.50. The average molecular weight is 143 g/mol. The number of fused-ring (bicyclic) bond motifs is 1. The highest BCUT2D eigenvalue weighted by Crippen LogP contribution is 2.40. The third-order valence-electron chi connectivity index (χ3n) is 2.54. The lowest BCUT2D eigenvalue weighted by Gasteiger charge is -2.57. The van der Waals surface area contributed by atoms with Gasteiger partial charge in [-0.15, -0.1) is 0 Å². The molecule has 1 saturated carbocycles. The van der Waals surface area contributed by atoms with Crippen LogP contribution in [-0.4, -0.2) is 35.7 Å². The molecule has 60 valence electrons. The van der Waals surface area contributed by atoms with Crippen LogP contribution in [0.4, 0.5) is 0 Å². The maximum absolute atomic E-state index is 9.03. The molecule has 3 atom stereocenters. The molecule has 0 aromatic rings. The highest BCUT2D eigenvalue weighted by atomic mass is 16.3. The van der Waals surface area contributed by atoms with E-state index in [0.717, 1.165) is 19.0 Å². The maximum Gasteiger partial charge on any atom is 0.0610 e. The van der Waals surface area contributed by atoms with E-state index in [1.54, 1.807) is 0 Å². The minimum atomic E-state index is 0.0381. The molecule has 0 radical (unpaired) electrons. The Morgan fingerprint density at radius 3 is 2.10 bits per heavy atom. The first-order valence-corrected chi connectivity index (χ1v) is 4.17. The van der Waals surface area contributed by atoms with Gasteiger partial charge in [-0.05, 0) is 13.5 Å². The largest absolute Gasteiger partial charge is 0.393 e. The minimum Gasteiger partial charge on any atom is -0.393 e. The van der Waals surface area contributed by atoms with Crippen LogP contribution >= 0.6 is 0 Å². The summed E-state index contributed by atoms with van der Waals surface area (Å²) in [5.74, 6) is 0.639. The maximum atomic E-state index is 9.03. The molecule has 2 aliphatic rings. The van der Waals surface area contributed by atoms with E-state index in [0.29, 0.717) is 5.92 Å². The van der Waals surface area contributed by atoms with Crippen molar-refractivity contribution in [2.24, 2.45) is 5.92 Å². The molecule has 2 heteroatoms. The van der Waals surface area contributed by atoms with Gasteiger partial charge in [0.15, 0.2) is 0 Å². The Balaban J connectivity index is 0.000000231. The standard InChI is InChI=1S/C6H11NO.C2H6/c1-7-3-4-5(7)2-6(4)8;1-2/h4-6,8H,2-3H2,1H3;1-2H3/t4-,5?,6?;/m0./s1. The molecule has 1 N–H and O–H groups in total. The Kier molecular flexibility index (Phi) is 2.32. The number of likely N-dealkylation sites (tertiary alicyclic amines) is 1. The normalized spacial score (nSPS) is 43.8. The van der Waals surface area contributed by atoms with E-state index < -0.39 is 0 Å². The Hall–Kier alpha value is -0.0800. The summed E-state index contributed by atoms with van der Waals surface area (Å²) >= 11 is 0. The molecule has 1 heterocycles. The zero-order chi connectivity index (χ0) is 7.72. The van der Waals surface area contributed by atoms with Gasteiger partial charge in [0.1, 0.15) is 0 Å². The first kappa shape index (κ1) is 8.02. The third-order valence-corrected chi connectivity index (χ3v) is 2.54. The molecule has 1 aliphatic carbocycles. The molecule has 2 nitrogen and oxygen atoms in total. The van der Waals surface area contributed by atoms with Gasteiger partial charge in [0.05, 0.1) is 6.10 Å². The molecule has 0 aromatic heterocycles. The first-order chi connectivity index (χ1) is 4.79. The fourth-order valence-electron chi connectivity index (χ4n) is 1.74. The summed E-state index contributed by atoms with van der Waals surface area (Å²) in [6.45, 7) is 5.12. The molecular formula is C8H17NO. The van der Waals surface area contributed by atoms with Crippen molar-refractivity contribution < 1.29 is 5.11 Å². The van der Waals surface area contributed by atoms with Gasteiger partial charge in [-0.3, -0.25) is 0 Å². The summed E-state index contributed by atoms with van der Waals surface area (Å²) in [5.41, 5.74) is 0. The van der Waals surface area contributed by atoms with Gasteiger partial charge < -0.3 is 10.0 Å². The van der Waals surface area contributed by atoms with Gasteiger partial charge in [-0.2, -0.15) is 0 Å². The van der Waals surface area contributed by atoms with Crippen LogP contribution < -0.4 is 0 Å². The van der Waals surface area contributed by atoms with E-state index in [1.807, 2.05) is 13.8 Å². The van der Waals surface area contributed by atoms with Crippen LogP contribution in [0.3, 0.4) is 0 Å². The molecule has 0 spiro atoms. The van der Waals surface area contributed by atoms with Crippen molar-refractivity contribution in [2.45, 2.75) is 32.4 Å². The monoisotopic (exact) mass is 143 g/mol.